The lowest BCUT2D eigenvalue weighted by atomic mass is 9.67. The molecule has 1 atom stereocenters. The van der Waals surface area contributed by atoms with E-state index >= 15 is 8.78 Å². The second-order valence-corrected chi connectivity index (χ2v) is 8.05. The zero-order valence-electron chi connectivity index (χ0n) is 16.6. The highest BCUT2D eigenvalue weighted by atomic mass is 35.5. The number of fused-ring (bicyclic) bond motifs is 2. The quantitative estimate of drug-likeness (QED) is 0.601. The van der Waals surface area contributed by atoms with Crippen LogP contribution < -0.4 is 5.32 Å². The number of hydrogen-bond acceptors (Lipinski definition) is 4. The highest BCUT2D eigenvalue weighted by Crippen LogP contribution is 2.56. The second kappa shape index (κ2) is 7.58. The number of benzene rings is 1. The van der Waals surface area contributed by atoms with Gasteiger partial charge in [0.05, 0.1) is 12.2 Å². The molecule has 1 N–H and O–H groups in total. The number of nitrogens with one attached hydrogen (secondary N) is 1. The standard InChI is InChI=1S/C21H25ClF2N2O2/c1-12(2)27-19(28-13(3)4)21(20(5,23)24)15-7-6-10-25-18(15)26-17-9-8-14(22)11-16(17)21/h6-13,19H,1-5H3,(H,25,26). The number of aromatic nitrogens is 1. The molecule has 152 valence electrons. The fourth-order valence-corrected chi connectivity index (χ4v) is 3.88. The molecule has 0 bridgehead atoms. The maximum absolute atomic E-state index is 15.6. The average molecular weight is 411 g/mol. The Morgan fingerprint density at radius 1 is 1.07 bits per heavy atom. The van der Waals surface area contributed by atoms with Crippen molar-refractivity contribution in [3.63, 3.8) is 0 Å². The van der Waals surface area contributed by atoms with E-state index in [9.17, 15) is 0 Å². The number of hydrogen-bond donors (Lipinski definition) is 1. The van der Waals surface area contributed by atoms with Gasteiger partial charge in [0.2, 0.25) is 0 Å². The van der Waals surface area contributed by atoms with Crippen LogP contribution in [0.3, 0.4) is 0 Å². The normalized spacial score (nSPS) is 19.0. The summed E-state index contributed by atoms with van der Waals surface area (Å²) in [6, 6.07) is 8.16. The Balaban J connectivity index is 2.40. The van der Waals surface area contributed by atoms with E-state index in [1.165, 1.54) is 0 Å². The lowest BCUT2D eigenvalue weighted by Crippen LogP contribution is -2.58. The van der Waals surface area contributed by atoms with E-state index < -0.39 is 17.6 Å². The van der Waals surface area contributed by atoms with Crippen molar-refractivity contribution in [2.24, 2.45) is 0 Å². The maximum Gasteiger partial charge on any atom is 0.264 e. The van der Waals surface area contributed by atoms with Gasteiger partial charge in [-0.05, 0) is 57.5 Å². The first-order chi connectivity index (χ1) is 13.1. The molecule has 1 aromatic carbocycles. The molecule has 3 rings (SSSR count). The Morgan fingerprint density at radius 2 is 1.71 bits per heavy atom. The first kappa shape index (κ1) is 21.0. The van der Waals surface area contributed by atoms with Gasteiger partial charge in [-0.3, -0.25) is 0 Å². The van der Waals surface area contributed by atoms with Crippen LogP contribution in [0.1, 0.15) is 45.7 Å². The first-order valence-electron chi connectivity index (χ1n) is 9.28. The van der Waals surface area contributed by atoms with Crippen LogP contribution in [0.15, 0.2) is 36.5 Å². The van der Waals surface area contributed by atoms with Gasteiger partial charge in [-0.1, -0.05) is 17.7 Å². The number of nitrogens with zero attached hydrogens (tertiary/aromatic N) is 1. The molecule has 1 aliphatic rings. The zero-order chi connectivity index (χ0) is 20.7. The fraction of sp³-hybridized carbons (Fsp3) is 0.476. The third-order valence-electron chi connectivity index (χ3n) is 4.73. The highest BCUT2D eigenvalue weighted by Gasteiger charge is 2.63. The van der Waals surface area contributed by atoms with Crippen molar-refractivity contribution in [3.05, 3.63) is 52.7 Å². The van der Waals surface area contributed by atoms with Crippen molar-refractivity contribution < 1.29 is 18.3 Å². The number of alkyl halides is 2. The third kappa shape index (κ3) is 3.49. The molecule has 4 nitrogen and oxygen atoms in total. The van der Waals surface area contributed by atoms with Gasteiger partial charge in [0.25, 0.3) is 5.92 Å². The number of anilines is 2. The summed E-state index contributed by atoms with van der Waals surface area (Å²) in [6.45, 7) is 8.06. The number of rotatable bonds is 6. The van der Waals surface area contributed by atoms with Crippen LogP contribution in [-0.2, 0) is 14.9 Å². The van der Waals surface area contributed by atoms with Crippen LogP contribution in [0.5, 0.6) is 0 Å². The third-order valence-corrected chi connectivity index (χ3v) is 4.96. The number of pyridine rings is 1. The summed E-state index contributed by atoms with van der Waals surface area (Å²) in [5.41, 5.74) is -0.805. The molecule has 0 saturated carbocycles. The predicted molar refractivity (Wildman–Crippen MR) is 107 cm³/mol. The van der Waals surface area contributed by atoms with Crippen LogP contribution in [0, 0.1) is 0 Å². The summed E-state index contributed by atoms with van der Waals surface area (Å²) in [5.74, 6) is -2.90. The maximum atomic E-state index is 15.6. The van der Waals surface area contributed by atoms with E-state index in [1.54, 1.807) is 64.2 Å². The Bertz CT molecular complexity index is 845. The topological polar surface area (TPSA) is 43.4 Å². The summed E-state index contributed by atoms with van der Waals surface area (Å²) in [6.07, 6.45) is -0.358. The van der Waals surface area contributed by atoms with E-state index in [-0.39, 0.29) is 12.2 Å². The molecule has 0 spiro atoms. The Hall–Kier alpha value is -1.76. The van der Waals surface area contributed by atoms with Crippen molar-refractivity contribution in [3.8, 4) is 0 Å². The monoisotopic (exact) mass is 410 g/mol. The summed E-state index contributed by atoms with van der Waals surface area (Å²) in [5, 5.41) is 3.50. The van der Waals surface area contributed by atoms with E-state index in [0.717, 1.165) is 6.92 Å². The van der Waals surface area contributed by atoms with Crippen LogP contribution >= 0.6 is 11.6 Å². The van der Waals surface area contributed by atoms with Crippen molar-refractivity contribution in [2.75, 3.05) is 5.32 Å². The SMILES string of the molecule is CC(C)OC(OC(C)C)C1(C(C)(F)F)c2cc(Cl)ccc2Nc2ncccc21. The van der Waals surface area contributed by atoms with Crippen molar-refractivity contribution in [2.45, 2.75) is 64.5 Å². The van der Waals surface area contributed by atoms with Gasteiger partial charge in [-0.15, -0.1) is 0 Å². The van der Waals surface area contributed by atoms with E-state index in [0.29, 0.717) is 27.7 Å². The predicted octanol–water partition coefficient (Wildman–Crippen LogP) is 5.91. The second-order valence-electron chi connectivity index (χ2n) is 7.61. The molecule has 1 aliphatic heterocycles. The molecule has 0 radical (unpaired) electrons. The lowest BCUT2D eigenvalue weighted by Gasteiger charge is -2.48. The molecule has 0 saturated heterocycles. The fourth-order valence-electron chi connectivity index (χ4n) is 3.71. The van der Waals surface area contributed by atoms with E-state index in [4.69, 9.17) is 21.1 Å². The van der Waals surface area contributed by atoms with Gasteiger partial charge in [-0.2, -0.15) is 0 Å². The minimum atomic E-state index is -3.25. The summed E-state index contributed by atoms with van der Waals surface area (Å²) in [7, 11) is 0. The molecule has 0 aliphatic carbocycles. The molecular formula is C21H25ClF2N2O2. The van der Waals surface area contributed by atoms with Gasteiger partial charge in [-0.25, -0.2) is 13.8 Å². The van der Waals surface area contributed by atoms with Crippen molar-refractivity contribution >= 4 is 23.1 Å². The Morgan fingerprint density at radius 3 is 2.29 bits per heavy atom. The minimum absolute atomic E-state index is 0.309. The minimum Gasteiger partial charge on any atom is -0.348 e. The average Bonchev–Trinajstić information content (AvgIpc) is 2.57. The summed E-state index contributed by atoms with van der Waals surface area (Å²) >= 11 is 6.23. The molecule has 7 heteroatoms. The van der Waals surface area contributed by atoms with Crippen LogP contribution in [0.25, 0.3) is 0 Å². The largest absolute Gasteiger partial charge is 0.348 e. The lowest BCUT2D eigenvalue weighted by molar-refractivity contribution is -0.248. The van der Waals surface area contributed by atoms with Gasteiger partial charge in [0.1, 0.15) is 11.2 Å². The summed E-state index contributed by atoms with van der Waals surface area (Å²) in [4.78, 5) is 4.30. The van der Waals surface area contributed by atoms with Crippen LogP contribution in [0.2, 0.25) is 5.02 Å². The Labute approximate surface area is 169 Å². The zero-order valence-corrected chi connectivity index (χ0v) is 17.3. The molecular weight excluding hydrogens is 386 g/mol. The van der Waals surface area contributed by atoms with Crippen LogP contribution in [-0.4, -0.2) is 29.4 Å². The first-order valence-corrected chi connectivity index (χ1v) is 9.66. The van der Waals surface area contributed by atoms with E-state index in [2.05, 4.69) is 10.3 Å². The van der Waals surface area contributed by atoms with Gasteiger partial charge in [0.15, 0.2) is 6.29 Å². The molecule has 0 fully saturated rings. The van der Waals surface area contributed by atoms with E-state index in [1.807, 2.05) is 0 Å². The van der Waals surface area contributed by atoms with Crippen LogP contribution in [0.4, 0.5) is 20.3 Å². The molecule has 0 amide bonds. The molecule has 2 heterocycles. The molecule has 28 heavy (non-hydrogen) atoms. The van der Waals surface area contributed by atoms with Crippen molar-refractivity contribution in [1.82, 2.24) is 4.98 Å². The van der Waals surface area contributed by atoms with Gasteiger partial charge >= 0.3 is 0 Å². The molecule has 2 aromatic rings. The molecule has 1 unspecified atom stereocenters. The smallest absolute Gasteiger partial charge is 0.264 e. The van der Waals surface area contributed by atoms with Crippen molar-refractivity contribution in [1.29, 1.82) is 0 Å². The van der Waals surface area contributed by atoms with Gasteiger partial charge < -0.3 is 14.8 Å². The highest BCUT2D eigenvalue weighted by molar-refractivity contribution is 6.30. The number of halogens is 3. The Kier molecular flexibility index (Phi) is 5.67. The number of ether oxygens (including phenoxy) is 2. The summed E-state index contributed by atoms with van der Waals surface area (Å²) < 4.78 is 43.3. The molecule has 1 aromatic heterocycles. The van der Waals surface area contributed by atoms with Gasteiger partial charge in [0, 0.05) is 29.4 Å².